The zero-order chi connectivity index (χ0) is 16.1. The highest BCUT2D eigenvalue weighted by atomic mass is 28.3. The molecule has 0 aliphatic carbocycles. The minimum atomic E-state index is -1.14. The van der Waals surface area contributed by atoms with Gasteiger partial charge >= 0.3 is 0 Å². The summed E-state index contributed by atoms with van der Waals surface area (Å²) in [6.07, 6.45) is 3.53. The molecule has 1 aromatic carbocycles. The highest BCUT2D eigenvalue weighted by Crippen LogP contribution is 2.28. The molecule has 1 unspecified atom stereocenters. The van der Waals surface area contributed by atoms with Crippen molar-refractivity contribution in [1.29, 1.82) is 0 Å². The summed E-state index contributed by atoms with van der Waals surface area (Å²) in [7, 11) is -1.14. The molecule has 0 saturated carbocycles. The SMILES string of the molecule is CC(=NC(C)c1ccccc1O[SiH](C)C)c1cnc(C)cn1. The number of aromatic nitrogens is 2. The Balaban J connectivity index is 2.26. The van der Waals surface area contributed by atoms with Gasteiger partial charge in [0.1, 0.15) is 11.4 Å². The van der Waals surface area contributed by atoms with Gasteiger partial charge in [-0.05, 0) is 39.9 Å². The zero-order valence-corrected chi connectivity index (χ0v) is 15.0. The maximum absolute atomic E-state index is 6.01. The average molecular weight is 313 g/mol. The average Bonchev–Trinajstić information content (AvgIpc) is 2.47. The summed E-state index contributed by atoms with van der Waals surface area (Å²) in [4.78, 5) is 13.4. The highest BCUT2D eigenvalue weighted by Gasteiger charge is 2.12. The van der Waals surface area contributed by atoms with Crippen molar-refractivity contribution in [3.8, 4) is 5.75 Å². The van der Waals surface area contributed by atoms with Crippen LogP contribution in [0, 0.1) is 6.92 Å². The standard InChI is InChI=1S/C17H23N3OSi/c1-12-10-19-16(11-18-12)14(3)20-13(2)15-8-6-7-9-17(15)21-22(4)5/h6-11,13,22H,1-5H3. The molecule has 1 aromatic heterocycles. The van der Waals surface area contributed by atoms with Crippen LogP contribution in [0.25, 0.3) is 0 Å². The Hall–Kier alpha value is -2.01. The van der Waals surface area contributed by atoms with E-state index in [1.54, 1.807) is 12.4 Å². The minimum Gasteiger partial charge on any atom is -0.547 e. The zero-order valence-electron chi connectivity index (χ0n) is 13.9. The molecular formula is C17H23N3OSi. The highest BCUT2D eigenvalue weighted by molar-refractivity contribution is 6.49. The maximum Gasteiger partial charge on any atom is 0.229 e. The predicted molar refractivity (Wildman–Crippen MR) is 93.3 cm³/mol. The Morgan fingerprint density at radius 1 is 1.18 bits per heavy atom. The van der Waals surface area contributed by atoms with Crippen molar-refractivity contribution in [1.82, 2.24) is 9.97 Å². The summed E-state index contributed by atoms with van der Waals surface area (Å²) in [5, 5.41) is 0. The number of rotatable bonds is 5. The second kappa shape index (κ2) is 7.31. The number of aryl methyl sites for hydroxylation is 1. The Morgan fingerprint density at radius 3 is 2.55 bits per heavy atom. The normalized spacial score (nSPS) is 13.3. The van der Waals surface area contributed by atoms with E-state index in [4.69, 9.17) is 9.42 Å². The van der Waals surface area contributed by atoms with E-state index in [0.717, 1.165) is 28.4 Å². The van der Waals surface area contributed by atoms with Gasteiger partial charge in [0.05, 0.1) is 23.6 Å². The molecule has 5 heteroatoms. The molecule has 2 aromatic rings. The third-order valence-electron chi connectivity index (χ3n) is 3.27. The minimum absolute atomic E-state index is 0.0204. The molecule has 116 valence electrons. The lowest BCUT2D eigenvalue weighted by Crippen LogP contribution is -2.13. The molecule has 0 bridgehead atoms. The van der Waals surface area contributed by atoms with Crippen LogP contribution in [0.5, 0.6) is 5.75 Å². The molecule has 4 nitrogen and oxygen atoms in total. The molecule has 0 spiro atoms. The van der Waals surface area contributed by atoms with Crippen LogP contribution in [0.2, 0.25) is 13.1 Å². The van der Waals surface area contributed by atoms with Gasteiger partial charge in [0, 0.05) is 11.8 Å². The van der Waals surface area contributed by atoms with Gasteiger partial charge in [-0.15, -0.1) is 0 Å². The van der Waals surface area contributed by atoms with E-state index in [1.165, 1.54) is 0 Å². The lowest BCUT2D eigenvalue weighted by atomic mass is 10.1. The van der Waals surface area contributed by atoms with Gasteiger partial charge in [-0.1, -0.05) is 18.2 Å². The second-order valence-electron chi connectivity index (χ2n) is 5.64. The van der Waals surface area contributed by atoms with Crippen LogP contribution in [-0.2, 0) is 0 Å². The van der Waals surface area contributed by atoms with Crippen molar-refractivity contribution in [2.45, 2.75) is 39.9 Å². The summed E-state index contributed by atoms with van der Waals surface area (Å²) in [5.41, 5.74) is 3.72. The van der Waals surface area contributed by atoms with Crippen LogP contribution in [-0.4, -0.2) is 24.7 Å². The van der Waals surface area contributed by atoms with Gasteiger partial charge in [0.15, 0.2) is 0 Å². The van der Waals surface area contributed by atoms with Gasteiger partial charge in [0.2, 0.25) is 9.04 Å². The summed E-state index contributed by atoms with van der Waals surface area (Å²) in [6, 6.07) is 8.15. The number of nitrogens with zero attached hydrogens (tertiary/aromatic N) is 3. The summed E-state index contributed by atoms with van der Waals surface area (Å²) < 4.78 is 6.01. The van der Waals surface area contributed by atoms with Crippen LogP contribution < -0.4 is 4.43 Å². The van der Waals surface area contributed by atoms with Crippen molar-refractivity contribution in [2.24, 2.45) is 4.99 Å². The fraction of sp³-hybridized carbons (Fsp3) is 0.353. The van der Waals surface area contributed by atoms with E-state index in [0.29, 0.717) is 0 Å². The molecule has 0 aliphatic rings. The summed E-state index contributed by atoms with van der Waals surface area (Å²) in [6.45, 7) is 10.3. The first-order chi connectivity index (χ1) is 10.5. The summed E-state index contributed by atoms with van der Waals surface area (Å²) in [5.74, 6) is 0.947. The van der Waals surface area contributed by atoms with Crippen molar-refractivity contribution in [2.75, 3.05) is 0 Å². The van der Waals surface area contributed by atoms with Crippen molar-refractivity contribution >= 4 is 14.8 Å². The maximum atomic E-state index is 6.01. The number of hydrogen-bond donors (Lipinski definition) is 0. The van der Waals surface area contributed by atoms with Crippen molar-refractivity contribution < 1.29 is 4.43 Å². The van der Waals surface area contributed by atoms with Gasteiger partial charge in [-0.2, -0.15) is 0 Å². The monoisotopic (exact) mass is 313 g/mol. The number of para-hydroxylation sites is 1. The van der Waals surface area contributed by atoms with E-state index in [1.807, 2.05) is 32.0 Å². The van der Waals surface area contributed by atoms with Crippen LogP contribution in [0.1, 0.15) is 36.8 Å². The fourth-order valence-electron chi connectivity index (χ4n) is 2.19. The van der Waals surface area contributed by atoms with E-state index >= 15 is 0 Å². The van der Waals surface area contributed by atoms with Gasteiger partial charge in [0.25, 0.3) is 0 Å². The Morgan fingerprint density at radius 2 is 1.91 bits per heavy atom. The van der Waals surface area contributed by atoms with Crippen LogP contribution in [0.15, 0.2) is 41.7 Å². The van der Waals surface area contributed by atoms with Gasteiger partial charge in [-0.3, -0.25) is 15.0 Å². The smallest absolute Gasteiger partial charge is 0.229 e. The van der Waals surface area contributed by atoms with Gasteiger partial charge < -0.3 is 4.43 Å². The number of hydrogen-bond acceptors (Lipinski definition) is 4. The largest absolute Gasteiger partial charge is 0.547 e. The number of aliphatic imine (C=N–C) groups is 1. The fourth-order valence-corrected chi connectivity index (χ4v) is 2.92. The first-order valence-corrected chi connectivity index (χ1v) is 10.3. The number of benzene rings is 1. The van der Waals surface area contributed by atoms with Crippen LogP contribution in [0.3, 0.4) is 0 Å². The Labute approximate surface area is 134 Å². The third-order valence-corrected chi connectivity index (χ3v) is 4.00. The third kappa shape index (κ3) is 4.24. The molecular weight excluding hydrogens is 290 g/mol. The van der Waals surface area contributed by atoms with E-state index in [-0.39, 0.29) is 6.04 Å². The quantitative estimate of drug-likeness (QED) is 0.624. The molecule has 1 atom stereocenters. The molecule has 0 N–H and O–H groups in total. The lowest BCUT2D eigenvalue weighted by Gasteiger charge is -2.17. The topological polar surface area (TPSA) is 47.4 Å². The molecule has 0 amide bonds. The van der Waals surface area contributed by atoms with E-state index < -0.39 is 9.04 Å². The molecule has 1 heterocycles. The Bertz CT molecular complexity index is 653. The molecule has 0 saturated heterocycles. The molecule has 22 heavy (non-hydrogen) atoms. The van der Waals surface area contributed by atoms with Gasteiger partial charge in [-0.25, -0.2) is 0 Å². The molecule has 0 radical (unpaired) electrons. The predicted octanol–water partition coefficient (Wildman–Crippen LogP) is 3.72. The molecule has 0 fully saturated rings. The second-order valence-corrected chi connectivity index (χ2v) is 7.97. The van der Waals surface area contributed by atoms with Crippen LogP contribution in [0.4, 0.5) is 0 Å². The first-order valence-electron chi connectivity index (χ1n) is 7.56. The Kier molecular flexibility index (Phi) is 5.44. The van der Waals surface area contributed by atoms with Crippen LogP contribution >= 0.6 is 0 Å². The lowest BCUT2D eigenvalue weighted by molar-refractivity contribution is 0.563. The first kappa shape index (κ1) is 16.4. The summed E-state index contributed by atoms with van der Waals surface area (Å²) >= 11 is 0. The van der Waals surface area contributed by atoms with Crippen molar-refractivity contribution in [3.05, 3.63) is 53.6 Å². The van der Waals surface area contributed by atoms with Crippen molar-refractivity contribution in [3.63, 3.8) is 0 Å². The van der Waals surface area contributed by atoms with E-state index in [2.05, 4.69) is 36.1 Å². The van der Waals surface area contributed by atoms with E-state index in [9.17, 15) is 0 Å². The molecule has 2 rings (SSSR count). The molecule has 0 aliphatic heterocycles.